The number of hydrogen-bond acceptors (Lipinski definition) is 3. The predicted octanol–water partition coefficient (Wildman–Crippen LogP) is 3.93. The van der Waals surface area contributed by atoms with E-state index < -0.39 is 9.84 Å². The fraction of sp³-hybridized carbons (Fsp3) is 0.200. The fourth-order valence-electron chi connectivity index (χ4n) is 1.81. The standard InChI is InChI=1S/C15H15ClO3S/c1-11-6-7-15(12(8-11)10-16)19-13-4-3-5-14(9-13)20(2,17)18/h3-9H,10H2,1-2H3. The van der Waals surface area contributed by atoms with Crippen LogP contribution in [0, 0.1) is 6.92 Å². The van der Waals surface area contributed by atoms with Crippen LogP contribution in [0.4, 0.5) is 0 Å². The molecule has 0 radical (unpaired) electrons. The fourth-order valence-corrected chi connectivity index (χ4v) is 2.67. The molecule has 5 heteroatoms. The summed E-state index contributed by atoms with van der Waals surface area (Å²) < 4.78 is 28.8. The van der Waals surface area contributed by atoms with Gasteiger partial charge < -0.3 is 4.74 Å². The number of hydrogen-bond donors (Lipinski definition) is 0. The molecule has 0 heterocycles. The summed E-state index contributed by atoms with van der Waals surface area (Å²) in [6.07, 6.45) is 1.17. The maximum atomic E-state index is 11.5. The van der Waals surface area contributed by atoms with Crippen LogP contribution in [0.5, 0.6) is 11.5 Å². The topological polar surface area (TPSA) is 43.4 Å². The van der Waals surface area contributed by atoms with Gasteiger partial charge >= 0.3 is 0 Å². The van der Waals surface area contributed by atoms with E-state index in [-0.39, 0.29) is 4.90 Å². The molecule has 0 amide bonds. The number of alkyl halides is 1. The average Bonchev–Trinajstić information content (AvgIpc) is 2.40. The van der Waals surface area contributed by atoms with Gasteiger partial charge in [0.1, 0.15) is 11.5 Å². The number of sulfone groups is 1. The van der Waals surface area contributed by atoms with E-state index in [0.717, 1.165) is 11.1 Å². The summed E-state index contributed by atoms with van der Waals surface area (Å²) >= 11 is 5.90. The van der Waals surface area contributed by atoms with Gasteiger partial charge in [0.25, 0.3) is 0 Å². The highest BCUT2D eigenvalue weighted by Crippen LogP contribution is 2.28. The predicted molar refractivity (Wildman–Crippen MR) is 80.4 cm³/mol. The van der Waals surface area contributed by atoms with Crippen LogP contribution in [0.3, 0.4) is 0 Å². The molecule has 0 spiro atoms. The van der Waals surface area contributed by atoms with Crippen molar-refractivity contribution < 1.29 is 13.2 Å². The molecule has 3 nitrogen and oxygen atoms in total. The van der Waals surface area contributed by atoms with Crippen LogP contribution >= 0.6 is 11.6 Å². The van der Waals surface area contributed by atoms with Crippen LogP contribution in [0.1, 0.15) is 11.1 Å². The van der Waals surface area contributed by atoms with Gasteiger partial charge in [-0.1, -0.05) is 23.8 Å². The van der Waals surface area contributed by atoms with Crippen molar-refractivity contribution >= 4 is 21.4 Å². The van der Waals surface area contributed by atoms with Crippen LogP contribution < -0.4 is 4.74 Å². The van der Waals surface area contributed by atoms with E-state index in [1.54, 1.807) is 18.2 Å². The number of halogens is 1. The third-order valence-corrected chi connectivity index (χ3v) is 4.22. The highest BCUT2D eigenvalue weighted by molar-refractivity contribution is 7.90. The molecule has 0 saturated heterocycles. The van der Waals surface area contributed by atoms with Crippen molar-refractivity contribution in [3.63, 3.8) is 0 Å². The first-order chi connectivity index (χ1) is 9.40. The van der Waals surface area contributed by atoms with Gasteiger partial charge in [-0.25, -0.2) is 8.42 Å². The zero-order chi connectivity index (χ0) is 14.8. The molecular weight excluding hydrogens is 296 g/mol. The van der Waals surface area contributed by atoms with Crippen LogP contribution in [0.15, 0.2) is 47.4 Å². The van der Waals surface area contributed by atoms with Gasteiger partial charge in [0.15, 0.2) is 9.84 Å². The molecule has 0 aliphatic carbocycles. The summed E-state index contributed by atoms with van der Waals surface area (Å²) in [6, 6.07) is 12.1. The molecule has 0 aliphatic heterocycles. The summed E-state index contributed by atoms with van der Waals surface area (Å²) in [5.41, 5.74) is 1.97. The zero-order valence-electron chi connectivity index (χ0n) is 11.3. The van der Waals surface area contributed by atoms with Crippen molar-refractivity contribution in [1.82, 2.24) is 0 Å². The molecule has 0 saturated carbocycles. The molecule has 0 bridgehead atoms. The minimum atomic E-state index is -3.25. The van der Waals surface area contributed by atoms with Crippen molar-refractivity contribution in [1.29, 1.82) is 0 Å². The second-order valence-electron chi connectivity index (χ2n) is 4.59. The van der Waals surface area contributed by atoms with Gasteiger partial charge in [0.2, 0.25) is 0 Å². The molecule has 106 valence electrons. The zero-order valence-corrected chi connectivity index (χ0v) is 12.8. The number of ether oxygens (including phenoxy) is 1. The van der Waals surface area contributed by atoms with Crippen LogP contribution in [0.25, 0.3) is 0 Å². The molecule has 2 aromatic carbocycles. The van der Waals surface area contributed by atoms with Crippen LogP contribution in [-0.2, 0) is 15.7 Å². The number of rotatable bonds is 4. The molecule has 2 rings (SSSR count). The third-order valence-electron chi connectivity index (χ3n) is 2.82. The van der Waals surface area contributed by atoms with E-state index in [4.69, 9.17) is 16.3 Å². The van der Waals surface area contributed by atoms with Gasteiger partial charge in [0, 0.05) is 11.8 Å². The maximum Gasteiger partial charge on any atom is 0.175 e. The smallest absolute Gasteiger partial charge is 0.175 e. The lowest BCUT2D eigenvalue weighted by Gasteiger charge is -2.11. The Balaban J connectivity index is 2.36. The van der Waals surface area contributed by atoms with Gasteiger partial charge in [-0.15, -0.1) is 11.6 Å². The summed E-state index contributed by atoms with van der Waals surface area (Å²) in [4.78, 5) is 0.231. The first-order valence-electron chi connectivity index (χ1n) is 6.03. The Bertz CT molecular complexity index is 724. The quantitative estimate of drug-likeness (QED) is 0.804. The molecule has 2 aromatic rings. The van der Waals surface area contributed by atoms with Gasteiger partial charge in [-0.3, -0.25) is 0 Å². The van der Waals surface area contributed by atoms with Crippen molar-refractivity contribution in [2.75, 3.05) is 6.26 Å². The normalized spacial score (nSPS) is 11.3. The Kier molecular flexibility index (Phi) is 4.35. The summed E-state index contributed by atoms with van der Waals surface area (Å²) in [7, 11) is -3.25. The highest BCUT2D eigenvalue weighted by atomic mass is 35.5. The maximum absolute atomic E-state index is 11.5. The monoisotopic (exact) mass is 310 g/mol. The first kappa shape index (κ1) is 14.9. The van der Waals surface area contributed by atoms with Crippen molar-refractivity contribution in [2.45, 2.75) is 17.7 Å². The summed E-state index contributed by atoms with van der Waals surface area (Å²) in [5.74, 6) is 1.45. The molecule has 0 atom stereocenters. The van der Waals surface area contributed by atoms with Gasteiger partial charge in [0.05, 0.1) is 10.8 Å². The lowest BCUT2D eigenvalue weighted by Crippen LogP contribution is -1.97. The molecular formula is C15H15ClO3S. The van der Waals surface area contributed by atoms with Crippen LogP contribution in [-0.4, -0.2) is 14.7 Å². The van der Waals surface area contributed by atoms with E-state index >= 15 is 0 Å². The van der Waals surface area contributed by atoms with Crippen LogP contribution in [0.2, 0.25) is 0 Å². The first-order valence-corrected chi connectivity index (χ1v) is 8.46. The highest BCUT2D eigenvalue weighted by Gasteiger charge is 2.09. The van der Waals surface area contributed by atoms with Gasteiger partial charge in [-0.2, -0.15) is 0 Å². The molecule has 0 unspecified atom stereocenters. The Hall–Kier alpha value is -1.52. The van der Waals surface area contributed by atoms with E-state index in [9.17, 15) is 8.42 Å². The number of aryl methyl sites for hydroxylation is 1. The second kappa shape index (κ2) is 5.85. The largest absolute Gasteiger partial charge is 0.457 e. The van der Waals surface area contributed by atoms with E-state index in [2.05, 4.69) is 0 Å². The van der Waals surface area contributed by atoms with Crippen molar-refractivity contribution in [3.8, 4) is 11.5 Å². The third kappa shape index (κ3) is 3.52. The minimum absolute atomic E-state index is 0.231. The Labute approximate surface area is 124 Å². The lowest BCUT2D eigenvalue weighted by molar-refractivity contribution is 0.476. The lowest BCUT2D eigenvalue weighted by atomic mass is 10.1. The molecule has 0 N–H and O–H groups in total. The summed E-state index contributed by atoms with van der Waals surface area (Å²) in [6.45, 7) is 1.98. The Morgan fingerprint density at radius 3 is 2.55 bits per heavy atom. The summed E-state index contributed by atoms with van der Waals surface area (Å²) in [5, 5.41) is 0. The SMILES string of the molecule is Cc1ccc(Oc2cccc(S(C)(=O)=O)c2)c(CCl)c1. The molecule has 0 aromatic heterocycles. The minimum Gasteiger partial charge on any atom is -0.457 e. The second-order valence-corrected chi connectivity index (χ2v) is 6.88. The Morgan fingerprint density at radius 1 is 1.15 bits per heavy atom. The molecule has 0 aliphatic rings. The average molecular weight is 311 g/mol. The van der Waals surface area contributed by atoms with Crippen molar-refractivity contribution in [2.24, 2.45) is 0 Å². The van der Waals surface area contributed by atoms with Gasteiger partial charge in [-0.05, 0) is 31.2 Å². The van der Waals surface area contributed by atoms with E-state index in [1.807, 2.05) is 25.1 Å². The molecule has 0 fully saturated rings. The van der Waals surface area contributed by atoms with Crippen molar-refractivity contribution in [3.05, 3.63) is 53.6 Å². The van der Waals surface area contributed by atoms with E-state index in [0.29, 0.717) is 17.4 Å². The Morgan fingerprint density at radius 2 is 1.90 bits per heavy atom. The molecule has 20 heavy (non-hydrogen) atoms. The number of benzene rings is 2. The van der Waals surface area contributed by atoms with E-state index in [1.165, 1.54) is 12.3 Å².